The van der Waals surface area contributed by atoms with Crippen molar-refractivity contribution >= 4 is 50.9 Å². The van der Waals surface area contributed by atoms with E-state index in [0.717, 1.165) is 38.7 Å². The second kappa shape index (κ2) is 6.44. The van der Waals surface area contributed by atoms with Gasteiger partial charge >= 0.3 is 0 Å². The molecule has 1 saturated carbocycles. The van der Waals surface area contributed by atoms with Crippen molar-refractivity contribution in [2.75, 3.05) is 0 Å². The SMILES string of the molecule is O=C(Cc1ccc2n[nH]c(I)c2c1)[C@H](c1ncccc1Cl)C1CC1. The highest BCUT2D eigenvalue weighted by molar-refractivity contribution is 14.1. The van der Waals surface area contributed by atoms with Gasteiger partial charge in [-0.1, -0.05) is 17.7 Å². The minimum Gasteiger partial charge on any atom is -0.299 e. The third-order valence-corrected chi connectivity index (χ3v) is 5.61. The average Bonchev–Trinajstić information content (AvgIpc) is 3.34. The molecule has 1 atom stereocenters. The number of benzene rings is 1. The predicted octanol–water partition coefficient (Wildman–Crippen LogP) is 4.52. The van der Waals surface area contributed by atoms with Crippen LogP contribution in [0.15, 0.2) is 36.5 Å². The van der Waals surface area contributed by atoms with Gasteiger partial charge < -0.3 is 0 Å². The molecule has 0 amide bonds. The molecular formula is C18H15ClIN3O. The summed E-state index contributed by atoms with van der Waals surface area (Å²) >= 11 is 8.51. The summed E-state index contributed by atoms with van der Waals surface area (Å²) in [7, 11) is 0. The summed E-state index contributed by atoms with van der Waals surface area (Å²) in [4.78, 5) is 17.4. The van der Waals surface area contributed by atoms with Crippen LogP contribution in [0, 0.1) is 9.62 Å². The molecule has 2 aromatic heterocycles. The molecule has 1 fully saturated rings. The quantitative estimate of drug-likeness (QED) is 0.580. The number of halogens is 2. The molecule has 1 aliphatic carbocycles. The van der Waals surface area contributed by atoms with Crippen molar-refractivity contribution in [3.63, 3.8) is 0 Å². The second-order valence-electron chi connectivity index (χ2n) is 6.22. The van der Waals surface area contributed by atoms with E-state index >= 15 is 0 Å². The number of carbonyl (C=O) groups is 1. The van der Waals surface area contributed by atoms with Gasteiger partial charge in [-0.15, -0.1) is 0 Å². The van der Waals surface area contributed by atoms with E-state index in [1.165, 1.54) is 0 Å². The number of H-pyrrole nitrogens is 1. The predicted molar refractivity (Wildman–Crippen MR) is 102 cm³/mol. The molecule has 0 saturated heterocycles. The summed E-state index contributed by atoms with van der Waals surface area (Å²) in [6, 6.07) is 9.58. The molecule has 0 bridgehead atoms. The molecule has 0 radical (unpaired) electrons. The highest BCUT2D eigenvalue weighted by Crippen LogP contribution is 2.44. The molecule has 0 aliphatic heterocycles. The highest BCUT2D eigenvalue weighted by atomic mass is 127. The zero-order chi connectivity index (χ0) is 16.7. The van der Waals surface area contributed by atoms with Crippen LogP contribution in [-0.2, 0) is 11.2 Å². The molecule has 2 heterocycles. The number of nitrogens with zero attached hydrogens (tertiary/aromatic N) is 2. The highest BCUT2D eigenvalue weighted by Gasteiger charge is 2.38. The van der Waals surface area contributed by atoms with E-state index in [0.29, 0.717) is 17.4 Å². The van der Waals surface area contributed by atoms with Crippen molar-refractivity contribution in [1.29, 1.82) is 0 Å². The fourth-order valence-electron chi connectivity index (χ4n) is 3.14. The van der Waals surface area contributed by atoms with Gasteiger partial charge in [-0.3, -0.25) is 14.9 Å². The van der Waals surface area contributed by atoms with E-state index in [1.807, 2.05) is 24.3 Å². The van der Waals surface area contributed by atoms with E-state index in [9.17, 15) is 4.79 Å². The van der Waals surface area contributed by atoms with E-state index in [-0.39, 0.29) is 11.7 Å². The molecule has 122 valence electrons. The Morgan fingerprint density at radius 1 is 1.38 bits per heavy atom. The third kappa shape index (κ3) is 3.07. The number of aromatic amines is 1. The van der Waals surface area contributed by atoms with Crippen LogP contribution in [0.25, 0.3) is 10.9 Å². The molecule has 24 heavy (non-hydrogen) atoms. The van der Waals surface area contributed by atoms with Gasteiger partial charge in [-0.25, -0.2) is 0 Å². The first-order chi connectivity index (χ1) is 11.6. The van der Waals surface area contributed by atoms with Crippen LogP contribution in [-0.4, -0.2) is 21.0 Å². The molecule has 4 rings (SSSR count). The lowest BCUT2D eigenvalue weighted by molar-refractivity contribution is -0.120. The number of rotatable bonds is 5. The Morgan fingerprint density at radius 2 is 2.21 bits per heavy atom. The summed E-state index contributed by atoms with van der Waals surface area (Å²) < 4.78 is 0.989. The lowest BCUT2D eigenvalue weighted by Crippen LogP contribution is -2.18. The average molecular weight is 452 g/mol. The van der Waals surface area contributed by atoms with Gasteiger partial charge in [-0.2, -0.15) is 5.10 Å². The molecule has 4 nitrogen and oxygen atoms in total. The number of fused-ring (bicyclic) bond motifs is 1. The van der Waals surface area contributed by atoms with Crippen molar-refractivity contribution in [1.82, 2.24) is 15.2 Å². The van der Waals surface area contributed by atoms with E-state index < -0.39 is 0 Å². The lowest BCUT2D eigenvalue weighted by Gasteiger charge is -2.16. The van der Waals surface area contributed by atoms with Gasteiger partial charge in [0.2, 0.25) is 0 Å². The van der Waals surface area contributed by atoms with Crippen LogP contribution in [0.4, 0.5) is 0 Å². The van der Waals surface area contributed by atoms with Crippen molar-refractivity contribution < 1.29 is 4.79 Å². The molecule has 1 N–H and O–H groups in total. The largest absolute Gasteiger partial charge is 0.299 e. The van der Waals surface area contributed by atoms with E-state index in [2.05, 4.69) is 37.8 Å². The number of ketones is 1. The number of nitrogens with one attached hydrogen (secondary N) is 1. The molecule has 6 heteroatoms. The Hall–Kier alpha value is -1.47. The number of aromatic nitrogens is 3. The van der Waals surface area contributed by atoms with Crippen LogP contribution in [0.1, 0.15) is 30.0 Å². The minimum absolute atomic E-state index is 0.191. The molecule has 0 unspecified atom stereocenters. The number of hydrogen-bond acceptors (Lipinski definition) is 3. The van der Waals surface area contributed by atoms with Crippen molar-refractivity contribution in [2.45, 2.75) is 25.2 Å². The summed E-state index contributed by atoms with van der Waals surface area (Å²) in [5.41, 5.74) is 2.65. The van der Waals surface area contributed by atoms with Gasteiger partial charge in [-0.05, 0) is 71.2 Å². The Balaban J connectivity index is 1.63. The Kier molecular flexibility index (Phi) is 4.30. The molecule has 1 aliphatic rings. The van der Waals surface area contributed by atoms with Crippen LogP contribution in [0.2, 0.25) is 5.02 Å². The van der Waals surface area contributed by atoms with Gasteiger partial charge in [0.05, 0.1) is 22.2 Å². The van der Waals surface area contributed by atoms with Gasteiger partial charge in [0.15, 0.2) is 0 Å². The van der Waals surface area contributed by atoms with Gasteiger partial charge in [0.25, 0.3) is 0 Å². The van der Waals surface area contributed by atoms with Gasteiger partial charge in [0.1, 0.15) is 9.48 Å². The Labute approximate surface area is 158 Å². The van der Waals surface area contributed by atoms with E-state index in [4.69, 9.17) is 11.6 Å². The maximum atomic E-state index is 13.0. The Morgan fingerprint density at radius 3 is 2.96 bits per heavy atom. The summed E-state index contributed by atoms with van der Waals surface area (Å²) in [5, 5.41) is 8.83. The summed E-state index contributed by atoms with van der Waals surface area (Å²) in [5.74, 6) is 0.372. The van der Waals surface area contributed by atoms with Crippen LogP contribution in [0.3, 0.4) is 0 Å². The zero-order valence-corrected chi connectivity index (χ0v) is 15.7. The minimum atomic E-state index is -0.196. The standard InChI is InChI=1S/C18H15ClIN3O/c19-13-2-1-7-21-17(13)16(11-4-5-11)15(24)9-10-3-6-14-12(8-10)18(20)23-22-14/h1-3,6-8,11,16H,4-5,9H2,(H,22,23)/t16-/m1/s1. The molecule has 0 spiro atoms. The summed E-state index contributed by atoms with van der Waals surface area (Å²) in [6.07, 6.45) is 4.25. The molecule has 3 aromatic rings. The van der Waals surface area contributed by atoms with E-state index in [1.54, 1.807) is 12.3 Å². The topological polar surface area (TPSA) is 58.6 Å². The third-order valence-electron chi connectivity index (χ3n) is 4.47. The monoisotopic (exact) mass is 451 g/mol. The van der Waals surface area contributed by atoms with Crippen LogP contribution in [0.5, 0.6) is 0 Å². The van der Waals surface area contributed by atoms with Crippen molar-refractivity contribution in [3.05, 3.63) is 56.5 Å². The molecule has 1 aromatic carbocycles. The second-order valence-corrected chi connectivity index (χ2v) is 7.70. The first-order valence-electron chi connectivity index (χ1n) is 7.89. The first kappa shape index (κ1) is 16.0. The smallest absolute Gasteiger partial charge is 0.146 e. The van der Waals surface area contributed by atoms with Crippen LogP contribution >= 0.6 is 34.2 Å². The number of Topliss-reactive ketones (excluding diaryl/α,β-unsaturated/α-hetero) is 1. The Bertz CT molecular complexity index is 920. The van der Waals surface area contributed by atoms with Crippen molar-refractivity contribution in [3.8, 4) is 0 Å². The lowest BCUT2D eigenvalue weighted by atomic mass is 9.90. The van der Waals surface area contributed by atoms with Crippen molar-refractivity contribution in [2.24, 2.45) is 5.92 Å². The fraction of sp³-hybridized carbons (Fsp3) is 0.278. The van der Waals surface area contributed by atoms with Gasteiger partial charge in [0, 0.05) is 18.0 Å². The first-order valence-corrected chi connectivity index (χ1v) is 9.35. The van der Waals surface area contributed by atoms with Crippen LogP contribution < -0.4 is 0 Å². The number of carbonyl (C=O) groups excluding carboxylic acids is 1. The molecular weight excluding hydrogens is 437 g/mol. The normalized spacial score (nSPS) is 15.6. The zero-order valence-electron chi connectivity index (χ0n) is 12.8. The number of hydrogen-bond donors (Lipinski definition) is 1. The maximum Gasteiger partial charge on any atom is 0.146 e. The maximum absolute atomic E-state index is 13.0. The summed E-state index contributed by atoms with van der Waals surface area (Å²) in [6.45, 7) is 0. The fourth-order valence-corrected chi connectivity index (χ4v) is 3.93. The number of pyridine rings is 1.